The molecule has 1 aliphatic heterocycles. The molecule has 1 aromatic carbocycles. The van der Waals surface area contributed by atoms with E-state index in [1.165, 1.54) is 0 Å². The fourth-order valence-corrected chi connectivity index (χ4v) is 2.53. The van der Waals surface area contributed by atoms with Crippen molar-refractivity contribution < 1.29 is 14.7 Å². The molecule has 1 aliphatic rings. The predicted octanol–water partition coefficient (Wildman–Crippen LogP) is 2.43. The number of rotatable bonds is 3. The van der Waals surface area contributed by atoms with Crippen LogP contribution in [0, 0.1) is 11.8 Å². The molecule has 0 spiro atoms. The number of likely N-dealkylation sites (tertiary alicyclic amines) is 1. The van der Waals surface area contributed by atoms with Gasteiger partial charge >= 0.3 is 12.0 Å². The van der Waals surface area contributed by atoms with Crippen molar-refractivity contribution in [3.63, 3.8) is 0 Å². The van der Waals surface area contributed by atoms with Gasteiger partial charge in [0.25, 0.3) is 0 Å². The molecule has 1 aromatic rings. The Hall–Kier alpha value is -2.04. The molecule has 1 saturated heterocycles. The number of hydrogen-bond donors (Lipinski definition) is 2. The van der Waals surface area contributed by atoms with Crippen LogP contribution in [-0.2, 0) is 11.2 Å². The van der Waals surface area contributed by atoms with Crippen LogP contribution >= 0.6 is 0 Å². The molecule has 0 aromatic heterocycles. The van der Waals surface area contributed by atoms with E-state index >= 15 is 0 Å². The van der Waals surface area contributed by atoms with E-state index in [0.29, 0.717) is 6.54 Å². The van der Waals surface area contributed by atoms with Crippen LogP contribution in [0.25, 0.3) is 0 Å². The molecule has 2 rings (SSSR count). The van der Waals surface area contributed by atoms with Crippen molar-refractivity contribution in [3.05, 3.63) is 29.8 Å². The number of carboxylic acids is 1. The first-order valence-electron chi connectivity index (χ1n) is 6.89. The van der Waals surface area contributed by atoms with Gasteiger partial charge in [0.2, 0.25) is 0 Å². The minimum absolute atomic E-state index is 0.0137. The van der Waals surface area contributed by atoms with Crippen molar-refractivity contribution >= 4 is 17.7 Å². The number of benzene rings is 1. The lowest BCUT2D eigenvalue weighted by molar-refractivity contribution is -0.142. The Morgan fingerprint density at radius 3 is 2.75 bits per heavy atom. The molecular formula is C15H20N2O3. The Morgan fingerprint density at radius 2 is 2.15 bits per heavy atom. The second kappa shape index (κ2) is 5.94. The molecule has 20 heavy (non-hydrogen) atoms. The summed E-state index contributed by atoms with van der Waals surface area (Å²) in [5, 5.41) is 11.9. The zero-order valence-electron chi connectivity index (χ0n) is 11.8. The number of hydrogen-bond acceptors (Lipinski definition) is 2. The molecule has 0 saturated carbocycles. The lowest BCUT2D eigenvalue weighted by atomic mass is 9.99. The Balaban J connectivity index is 2.00. The van der Waals surface area contributed by atoms with Gasteiger partial charge in [0, 0.05) is 18.8 Å². The van der Waals surface area contributed by atoms with Crippen LogP contribution < -0.4 is 5.32 Å². The van der Waals surface area contributed by atoms with Gasteiger partial charge in [-0.3, -0.25) is 4.79 Å². The standard InChI is InChI=1S/C15H20N2O3/c1-3-11-5-4-6-12(7-11)16-15(20)17-8-10(2)13(9-17)14(18)19/h4-7,10,13H,3,8-9H2,1-2H3,(H,16,20)(H,18,19)/t10-,13-/m1/s1. The Kier molecular flexibility index (Phi) is 4.27. The van der Waals surface area contributed by atoms with Crippen LogP contribution in [-0.4, -0.2) is 35.1 Å². The molecule has 0 unspecified atom stereocenters. The van der Waals surface area contributed by atoms with Crippen LogP contribution in [0.15, 0.2) is 24.3 Å². The maximum absolute atomic E-state index is 12.1. The van der Waals surface area contributed by atoms with Gasteiger partial charge in [-0.1, -0.05) is 26.0 Å². The zero-order chi connectivity index (χ0) is 14.7. The predicted molar refractivity (Wildman–Crippen MR) is 76.7 cm³/mol. The number of carbonyl (C=O) groups excluding carboxylic acids is 1. The van der Waals surface area contributed by atoms with Crippen LogP contribution in [0.1, 0.15) is 19.4 Å². The highest BCUT2D eigenvalue weighted by Gasteiger charge is 2.36. The minimum Gasteiger partial charge on any atom is -0.481 e. The summed E-state index contributed by atoms with van der Waals surface area (Å²) in [7, 11) is 0. The highest BCUT2D eigenvalue weighted by Crippen LogP contribution is 2.24. The molecule has 1 fully saturated rings. The third-order valence-electron chi connectivity index (χ3n) is 3.80. The van der Waals surface area contributed by atoms with Crippen molar-refractivity contribution in [1.82, 2.24) is 4.90 Å². The molecule has 2 atom stereocenters. The number of urea groups is 1. The highest BCUT2D eigenvalue weighted by atomic mass is 16.4. The summed E-state index contributed by atoms with van der Waals surface area (Å²) in [6.07, 6.45) is 0.908. The van der Waals surface area contributed by atoms with Crippen molar-refractivity contribution in [2.45, 2.75) is 20.3 Å². The van der Waals surface area contributed by atoms with Gasteiger partial charge in [-0.05, 0) is 30.0 Å². The monoisotopic (exact) mass is 276 g/mol. The SMILES string of the molecule is CCc1cccc(NC(=O)N2C[C@@H](C)[C@H](C(=O)O)C2)c1. The Bertz CT molecular complexity index is 516. The van der Waals surface area contributed by atoms with Crippen molar-refractivity contribution in [1.29, 1.82) is 0 Å². The summed E-state index contributed by atoms with van der Waals surface area (Å²) in [5.74, 6) is -1.32. The molecular weight excluding hydrogens is 256 g/mol. The average molecular weight is 276 g/mol. The summed E-state index contributed by atoms with van der Waals surface area (Å²) >= 11 is 0. The fraction of sp³-hybridized carbons (Fsp3) is 0.467. The summed E-state index contributed by atoms with van der Waals surface area (Å²) in [6, 6.07) is 7.46. The van der Waals surface area contributed by atoms with Gasteiger partial charge in [0.15, 0.2) is 0 Å². The van der Waals surface area contributed by atoms with Gasteiger partial charge in [-0.2, -0.15) is 0 Å². The second-order valence-corrected chi connectivity index (χ2v) is 5.31. The largest absolute Gasteiger partial charge is 0.481 e. The maximum Gasteiger partial charge on any atom is 0.321 e. The molecule has 0 radical (unpaired) electrons. The molecule has 1 heterocycles. The number of amides is 2. The van der Waals surface area contributed by atoms with E-state index in [4.69, 9.17) is 5.11 Å². The van der Waals surface area contributed by atoms with E-state index in [9.17, 15) is 9.59 Å². The topological polar surface area (TPSA) is 69.6 Å². The number of carbonyl (C=O) groups is 2. The number of aliphatic carboxylic acids is 1. The molecule has 5 nitrogen and oxygen atoms in total. The Morgan fingerprint density at radius 1 is 1.40 bits per heavy atom. The van der Waals surface area contributed by atoms with Crippen LogP contribution in [0.5, 0.6) is 0 Å². The molecule has 2 N–H and O–H groups in total. The number of aryl methyl sites for hydroxylation is 1. The third kappa shape index (κ3) is 3.10. The summed E-state index contributed by atoms with van der Waals surface area (Å²) in [5.41, 5.74) is 1.90. The van der Waals surface area contributed by atoms with Gasteiger partial charge < -0.3 is 15.3 Å². The van der Waals surface area contributed by atoms with E-state index in [1.807, 2.05) is 31.2 Å². The lowest BCUT2D eigenvalue weighted by Gasteiger charge is -2.17. The molecule has 0 bridgehead atoms. The first-order valence-corrected chi connectivity index (χ1v) is 6.89. The highest BCUT2D eigenvalue weighted by molar-refractivity contribution is 5.90. The van der Waals surface area contributed by atoms with E-state index in [1.54, 1.807) is 4.90 Å². The first-order chi connectivity index (χ1) is 9.51. The van der Waals surface area contributed by atoms with Crippen LogP contribution in [0.3, 0.4) is 0 Å². The zero-order valence-corrected chi connectivity index (χ0v) is 11.8. The molecule has 0 aliphatic carbocycles. The van der Waals surface area contributed by atoms with Gasteiger partial charge in [0.1, 0.15) is 0 Å². The number of anilines is 1. The fourth-order valence-electron chi connectivity index (χ4n) is 2.53. The molecule has 2 amide bonds. The number of carboxylic acid groups (broad SMARTS) is 1. The van der Waals surface area contributed by atoms with Crippen LogP contribution in [0.4, 0.5) is 10.5 Å². The van der Waals surface area contributed by atoms with Crippen molar-refractivity contribution in [3.8, 4) is 0 Å². The van der Waals surface area contributed by atoms with Gasteiger partial charge in [0.05, 0.1) is 5.92 Å². The summed E-state index contributed by atoms with van der Waals surface area (Å²) in [4.78, 5) is 24.8. The third-order valence-corrected chi connectivity index (χ3v) is 3.80. The molecule has 108 valence electrons. The van der Waals surface area contributed by atoms with E-state index < -0.39 is 11.9 Å². The van der Waals surface area contributed by atoms with Gasteiger partial charge in [-0.25, -0.2) is 4.79 Å². The number of nitrogens with one attached hydrogen (secondary N) is 1. The van der Waals surface area contributed by atoms with E-state index in [2.05, 4.69) is 12.2 Å². The van der Waals surface area contributed by atoms with Crippen molar-refractivity contribution in [2.75, 3.05) is 18.4 Å². The Labute approximate surface area is 118 Å². The average Bonchev–Trinajstić information content (AvgIpc) is 2.81. The van der Waals surface area contributed by atoms with Crippen LogP contribution in [0.2, 0.25) is 0 Å². The summed E-state index contributed by atoms with van der Waals surface area (Å²) in [6.45, 7) is 4.68. The smallest absolute Gasteiger partial charge is 0.321 e. The minimum atomic E-state index is -0.833. The van der Waals surface area contributed by atoms with E-state index in [0.717, 1.165) is 17.7 Å². The first kappa shape index (κ1) is 14.4. The summed E-state index contributed by atoms with van der Waals surface area (Å²) < 4.78 is 0. The quantitative estimate of drug-likeness (QED) is 0.890. The second-order valence-electron chi connectivity index (χ2n) is 5.31. The lowest BCUT2D eigenvalue weighted by Crippen LogP contribution is -2.33. The van der Waals surface area contributed by atoms with Gasteiger partial charge in [-0.15, -0.1) is 0 Å². The van der Waals surface area contributed by atoms with E-state index in [-0.39, 0.29) is 18.5 Å². The normalized spacial score (nSPS) is 21.8. The van der Waals surface area contributed by atoms with Crippen molar-refractivity contribution in [2.24, 2.45) is 11.8 Å². The maximum atomic E-state index is 12.1. The molecule has 5 heteroatoms. The number of nitrogens with zero attached hydrogens (tertiary/aromatic N) is 1.